The minimum Gasteiger partial charge on any atom is -0.212 e. The molecule has 0 unspecified atom stereocenters. The van der Waals surface area contributed by atoms with Crippen LogP contribution in [-0.4, -0.2) is 34.0 Å². The van der Waals surface area contributed by atoms with Crippen LogP contribution in [0.25, 0.3) is 0 Å². The van der Waals surface area contributed by atoms with Gasteiger partial charge in [-0.05, 0) is 27.7 Å². The molecule has 6 nitrogen and oxygen atoms in total. The monoisotopic (exact) mass is 258 g/mol. The molecule has 0 rings (SSSR count). The van der Waals surface area contributed by atoms with Crippen LogP contribution in [0.2, 0.25) is 0 Å². The summed E-state index contributed by atoms with van der Waals surface area (Å²) in [6.07, 6.45) is 0. The van der Waals surface area contributed by atoms with Crippen LogP contribution in [0.3, 0.4) is 0 Å². The molecule has 0 amide bonds. The van der Waals surface area contributed by atoms with Crippen molar-refractivity contribution in [3.05, 3.63) is 0 Å². The van der Waals surface area contributed by atoms with Crippen LogP contribution >= 0.6 is 0 Å². The van der Waals surface area contributed by atoms with Crippen LogP contribution in [0.15, 0.2) is 0 Å². The molecule has 0 aromatic heterocycles. The van der Waals surface area contributed by atoms with Gasteiger partial charge in [0, 0.05) is 12.1 Å². The normalized spacial score (nSPS) is 13.7. The van der Waals surface area contributed by atoms with Crippen molar-refractivity contribution in [2.45, 2.75) is 39.8 Å². The van der Waals surface area contributed by atoms with E-state index in [9.17, 15) is 16.8 Å². The molecule has 92 valence electrons. The second kappa shape index (κ2) is 5.24. The molecule has 0 aliphatic rings. The third kappa shape index (κ3) is 7.71. The van der Waals surface area contributed by atoms with E-state index in [4.69, 9.17) is 0 Å². The van der Waals surface area contributed by atoms with Gasteiger partial charge in [-0.3, -0.25) is 0 Å². The van der Waals surface area contributed by atoms with E-state index >= 15 is 0 Å². The average Bonchev–Trinajstić information content (AvgIpc) is 1.73. The summed E-state index contributed by atoms with van der Waals surface area (Å²) in [6.45, 7) is 6.50. The molecular weight excluding hydrogens is 240 g/mol. The Morgan fingerprint density at radius 2 is 1.07 bits per heavy atom. The van der Waals surface area contributed by atoms with Crippen molar-refractivity contribution in [3.8, 4) is 0 Å². The van der Waals surface area contributed by atoms with E-state index in [-0.39, 0.29) is 12.1 Å². The predicted molar refractivity (Wildman–Crippen MR) is 59.3 cm³/mol. The Hall–Kier alpha value is -0.180. The van der Waals surface area contributed by atoms with E-state index in [1.165, 1.54) is 0 Å². The minimum absolute atomic E-state index is 0.316. The summed E-state index contributed by atoms with van der Waals surface area (Å²) in [5.74, 6) is 0. The Labute approximate surface area is 91.6 Å². The van der Waals surface area contributed by atoms with Crippen LogP contribution in [0.1, 0.15) is 27.7 Å². The number of nitrogens with one attached hydrogen (secondary N) is 2. The molecule has 0 radical (unpaired) electrons. The second-order valence-corrected chi connectivity index (χ2v) is 7.77. The van der Waals surface area contributed by atoms with Gasteiger partial charge in [0.2, 0.25) is 20.0 Å². The Kier molecular flexibility index (Phi) is 5.18. The summed E-state index contributed by atoms with van der Waals surface area (Å²) < 4.78 is 49.6. The third-order valence-electron chi connectivity index (χ3n) is 1.14. The highest BCUT2D eigenvalue weighted by Crippen LogP contribution is 1.96. The first kappa shape index (κ1) is 14.8. The highest BCUT2D eigenvalue weighted by atomic mass is 32.3. The lowest BCUT2D eigenvalue weighted by Crippen LogP contribution is -2.40. The molecule has 8 heteroatoms. The first-order chi connectivity index (χ1) is 6.54. The molecule has 0 fully saturated rings. The quantitative estimate of drug-likeness (QED) is 0.678. The lowest BCUT2D eigenvalue weighted by atomic mass is 10.4. The van der Waals surface area contributed by atoms with Crippen molar-refractivity contribution in [1.82, 2.24) is 9.44 Å². The molecule has 0 saturated heterocycles. The van der Waals surface area contributed by atoms with Gasteiger partial charge in [-0.1, -0.05) is 0 Å². The highest BCUT2D eigenvalue weighted by Gasteiger charge is 2.23. The number of hydrogen-bond donors (Lipinski definition) is 2. The van der Waals surface area contributed by atoms with Gasteiger partial charge >= 0.3 is 0 Å². The van der Waals surface area contributed by atoms with Crippen molar-refractivity contribution in [3.63, 3.8) is 0 Å². The van der Waals surface area contributed by atoms with Gasteiger partial charge in [-0.25, -0.2) is 26.3 Å². The first-order valence-corrected chi connectivity index (χ1v) is 7.84. The molecule has 0 saturated carbocycles. The third-order valence-corrected chi connectivity index (χ3v) is 5.28. The average molecular weight is 258 g/mol. The Bertz CT molecular complexity index is 345. The number of hydrogen-bond acceptors (Lipinski definition) is 4. The zero-order valence-corrected chi connectivity index (χ0v) is 10.9. The van der Waals surface area contributed by atoms with Gasteiger partial charge in [0.25, 0.3) is 0 Å². The summed E-state index contributed by atoms with van der Waals surface area (Å²) in [6, 6.07) is -0.631. The Balaban J connectivity index is 4.60. The van der Waals surface area contributed by atoms with Crippen LogP contribution in [-0.2, 0) is 20.0 Å². The molecule has 0 aliphatic heterocycles. The van der Waals surface area contributed by atoms with E-state index < -0.39 is 25.1 Å². The molecule has 0 aromatic rings. The maximum atomic E-state index is 11.3. The predicted octanol–water partition coefficient (Wildman–Crippen LogP) is -0.400. The van der Waals surface area contributed by atoms with Crippen LogP contribution in [0.4, 0.5) is 0 Å². The van der Waals surface area contributed by atoms with Crippen molar-refractivity contribution < 1.29 is 16.8 Å². The van der Waals surface area contributed by atoms with E-state index in [1.807, 2.05) is 0 Å². The van der Waals surface area contributed by atoms with Gasteiger partial charge < -0.3 is 0 Å². The standard InChI is InChI=1S/C7H18N2O4S2/c1-6(2)8-14(10,11)5-15(12,13)9-7(3)4/h6-9H,5H2,1-4H3. The van der Waals surface area contributed by atoms with Gasteiger partial charge in [-0.2, -0.15) is 0 Å². The minimum atomic E-state index is -3.78. The summed E-state index contributed by atoms with van der Waals surface area (Å²) in [7, 11) is -7.57. The van der Waals surface area contributed by atoms with E-state index in [0.717, 1.165) is 0 Å². The van der Waals surface area contributed by atoms with E-state index in [2.05, 4.69) is 9.44 Å². The van der Waals surface area contributed by atoms with Gasteiger partial charge in [0.1, 0.15) is 0 Å². The van der Waals surface area contributed by atoms with Crippen molar-refractivity contribution in [1.29, 1.82) is 0 Å². The maximum Gasteiger partial charge on any atom is 0.227 e. The smallest absolute Gasteiger partial charge is 0.212 e. The molecule has 0 aliphatic carbocycles. The van der Waals surface area contributed by atoms with Crippen LogP contribution in [0.5, 0.6) is 0 Å². The Morgan fingerprint density at radius 1 is 0.800 bits per heavy atom. The molecule has 15 heavy (non-hydrogen) atoms. The fraction of sp³-hybridized carbons (Fsp3) is 1.00. The fourth-order valence-electron chi connectivity index (χ4n) is 0.991. The van der Waals surface area contributed by atoms with Gasteiger partial charge in [0.15, 0.2) is 5.08 Å². The van der Waals surface area contributed by atoms with Crippen LogP contribution in [0, 0.1) is 0 Å². The van der Waals surface area contributed by atoms with Gasteiger partial charge in [-0.15, -0.1) is 0 Å². The number of sulfonamides is 2. The SMILES string of the molecule is CC(C)NS(=O)(=O)CS(=O)(=O)NC(C)C. The second-order valence-electron chi connectivity index (χ2n) is 3.89. The molecule has 0 aromatic carbocycles. The lowest BCUT2D eigenvalue weighted by molar-refractivity contribution is 0.562. The molecule has 0 atom stereocenters. The maximum absolute atomic E-state index is 11.3. The molecule has 2 N–H and O–H groups in total. The summed E-state index contributed by atoms with van der Waals surface area (Å²) in [4.78, 5) is 0. The zero-order chi connectivity index (χ0) is 12.3. The van der Waals surface area contributed by atoms with Crippen molar-refractivity contribution in [2.24, 2.45) is 0 Å². The van der Waals surface area contributed by atoms with Crippen molar-refractivity contribution in [2.75, 3.05) is 5.08 Å². The van der Waals surface area contributed by atoms with Crippen molar-refractivity contribution >= 4 is 20.0 Å². The zero-order valence-electron chi connectivity index (χ0n) is 9.31. The molecule has 0 bridgehead atoms. The first-order valence-electron chi connectivity index (χ1n) is 4.54. The number of rotatable bonds is 6. The summed E-state index contributed by atoms with van der Waals surface area (Å²) in [5, 5.41) is -0.934. The fourth-order valence-corrected chi connectivity index (χ4v) is 4.61. The molecular formula is C7H18N2O4S2. The summed E-state index contributed by atoms with van der Waals surface area (Å²) >= 11 is 0. The topological polar surface area (TPSA) is 92.3 Å². The lowest BCUT2D eigenvalue weighted by Gasteiger charge is -2.12. The Morgan fingerprint density at radius 3 is 1.27 bits per heavy atom. The van der Waals surface area contributed by atoms with E-state index in [1.54, 1.807) is 27.7 Å². The van der Waals surface area contributed by atoms with Gasteiger partial charge in [0.05, 0.1) is 0 Å². The van der Waals surface area contributed by atoms with Crippen LogP contribution < -0.4 is 9.44 Å². The largest absolute Gasteiger partial charge is 0.227 e. The summed E-state index contributed by atoms with van der Waals surface area (Å²) in [5.41, 5.74) is 0. The van der Waals surface area contributed by atoms with E-state index in [0.29, 0.717) is 0 Å². The molecule has 0 spiro atoms. The molecule has 0 heterocycles. The highest BCUT2D eigenvalue weighted by molar-refractivity contribution is 8.06.